The first-order chi connectivity index (χ1) is 17.2. The molecule has 0 spiro atoms. The number of nitrogens with one attached hydrogen (secondary N) is 1. The van der Waals surface area contributed by atoms with E-state index in [1.54, 1.807) is 0 Å². The first kappa shape index (κ1) is 25.9. The van der Waals surface area contributed by atoms with E-state index in [0.717, 1.165) is 24.4 Å². The number of hydrogen-bond donors (Lipinski definition) is 2. The topological polar surface area (TPSA) is 110 Å². The molecule has 0 aliphatic carbocycles. The highest BCUT2D eigenvalue weighted by molar-refractivity contribution is 5.66. The third kappa shape index (κ3) is 5.97. The average Bonchev–Trinajstić information content (AvgIpc) is 2.82. The molecule has 0 bridgehead atoms. The summed E-state index contributed by atoms with van der Waals surface area (Å²) in [6.45, 7) is 2.99. The first-order valence-corrected chi connectivity index (χ1v) is 10.5. The summed E-state index contributed by atoms with van der Waals surface area (Å²) in [5.74, 6) is -0.694. The van der Waals surface area contributed by atoms with Gasteiger partial charge in [0.25, 0.3) is 0 Å². The van der Waals surface area contributed by atoms with Crippen LogP contribution in [0.3, 0.4) is 0 Å². The predicted molar refractivity (Wildman–Crippen MR) is 119 cm³/mol. The Hall–Kier alpha value is -4.20. The number of rotatable bonds is 5. The molecule has 192 valence electrons. The summed E-state index contributed by atoms with van der Waals surface area (Å²) in [6.07, 6.45) is -5.77. The van der Waals surface area contributed by atoms with Crippen LogP contribution in [0, 0.1) is 0 Å². The van der Waals surface area contributed by atoms with Crippen LogP contribution in [0.15, 0.2) is 55.0 Å². The second-order valence-electron chi connectivity index (χ2n) is 8.24. The number of aliphatic hydroxyl groups is 1. The molecule has 0 aliphatic rings. The van der Waals surface area contributed by atoms with Crippen LogP contribution < -0.4 is 5.32 Å². The highest BCUT2D eigenvalue weighted by Crippen LogP contribution is 2.33. The van der Waals surface area contributed by atoms with Gasteiger partial charge in [-0.25, -0.2) is 9.97 Å². The van der Waals surface area contributed by atoms with Crippen LogP contribution in [0.2, 0.25) is 0 Å². The van der Waals surface area contributed by atoms with Crippen molar-refractivity contribution in [3.63, 3.8) is 0 Å². The Morgan fingerprint density at radius 1 is 0.784 bits per heavy atom. The van der Waals surface area contributed by atoms with Gasteiger partial charge in [0.15, 0.2) is 11.6 Å². The molecule has 0 saturated carbocycles. The number of alkyl halides is 6. The molecule has 14 heteroatoms. The predicted octanol–water partition coefficient (Wildman–Crippen LogP) is 5.40. The van der Waals surface area contributed by atoms with Crippen molar-refractivity contribution in [3.8, 4) is 22.9 Å². The van der Waals surface area contributed by atoms with Gasteiger partial charge in [0.2, 0.25) is 5.95 Å². The zero-order valence-corrected chi connectivity index (χ0v) is 19.1. The number of nitrogens with zero attached hydrogens (tertiary/aromatic N) is 6. The highest BCUT2D eigenvalue weighted by Gasteiger charge is 2.34. The molecule has 4 aromatic heterocycles. The van der Waals surface area contributed by atoms with Crippen LogP contribution in [0.4, 0.5) is 38.0 Å². The Balaban J connectivity index is 1.88. The lowest BCUT2D eigenvalue weighted by atomic mass is 9.94. The van der Waals surface area contributed by atoms with Gasteiger partial charge in [-0.05, 0) is 49.7 Å². The van der Waals surface area contributed by atoms with Crippen LogP contribution in [-0.4, -0.2) is 35.0 Å². The second kappa shape index (κ2) is 9.35. The van der Waals surface area contributed by atoms with Crippen LogP contribution >= 0.6 is 0 Å². The van der Waals surface area contributed by atoms with Gasteiger partial charge in [0.05, 0.1) is 5.60 Å². The zero-order valence-electron chi connectivity index (χ0n) is 19.1. The molecule has 2 N–H and O–H groups in total. The number of anilines is 2. The fourth-order valence-corrected chi connectivity index (χ4v) is 3.28. The van der Waals surface area contributed by atoms with Crippen LogP contribution in [0.1, 0.15) is 30.8 Å². The van der Waals surface area contributed by atoms with E-state index in [1.165, 1.54) is 44.4 Å². The van der Waals surface area contributed by atoms with Gasteiger partial charge < -0.3 is 10.4 Å². The van der Waals surface area contributed by atoms with Crippen molar-refractivity contribution < 1.29 is 31.4 Å². The SMILES string of the molecule is CC(C)(O)c1ccncc1-c1nc(Nc2ccnc(C(F)(F)F)c2)nc(-c2cccc(C(F)(F)F)n2)n1. The summed E-state index contributed by atoms with van der Waals surface area (Å²) in [5, 5.41) is 13.2. The molecular formula is C23H17F6N7O. The van der Waals surface area contributed by atoms with Crippen LogP contribution in [0.5, 0.6) is 0 Å². The summed E-state index contributed by atoms with van der Waals surface area (Å²) in [6, 6.07) is 6.59. The fourth-order valence-electron chi connectivity index (χ4n) is 3.28. The third-order valence-electron chi connectivity index (χ3n) is 4.93. The van der Waals surface area contributed by atoms with E-state index >= 15 is 0 Å². The Bertz CT molecular complexity index is 1430. The minimum Gasteiger partial charge on any atom is -0.386 e. The van der Waals surface area contributed by atoms with Crippen molar-refractivity contribution in [1.82, 2.24) is 29.9 Å². The summed E-state index contributed by atoms with van der Waals surface area (Å²) in [7, 11) is 0. The lowest BCUT2D eigenvalue weighted by Crippen LogP contribution is -2.18. The maximum absolute atomic E-state index is 13.3. The quantitative estimate of drug-likeness (QED) is 0.336. The van der Waals surface area contributed by atoms with Crippen molar-refractivity contribution in [1.29, 1.82) is 0 Å². The number of aromatic nitrogens is 6. The van der Waals surface area contributed by atoms with E-state index in [0.29, 0.717) is 5.56 Å². The molecule has 4 rings (SSSR count). The largest absolute Gasteiger partial charge is 0.433 e. The Labute approximate surface area is 205 Å². The van der Waals surface area contributed by atoms with Crippen molar-refractivity contribution in [2.75, 3.05) is 5.32 Å². The van der Waals surface area contributed by atoms with Crippen molar-refractivity contribution in [2.24, 2.45) is 0 Å². The molecule has 4 heterocycles. The maximum Gasteiger partial charge on any atom is 0.433 e. The molecule has 0 aromatic carbocycles. The van der Waals surface area contributed by atoms with Crippen molar-refractivity contribution in [2.45, 2.75) is 31.8 Å². The first-order valence-electron chi connectivity index (χ1n) is 10.5. The standard InChI is InChI=1S/C23H17F6N7O/c1-21(2,37)14-7-8-30-11-13(14)18-34-19(15-4-3-5-16(33-15)22(24,25)26)36-20(35-18)32-12-6-9-31-17(10-12)23(27,28)29/h3-11,37H,1-2H3,(H,31,32,34,35,36). The fraction of sp³-hybridized carbons (Fsp3) is 0.217. The van der Waals surface area contributed by atoms with E-state index in [-0.39, 0.29) is 34.5 Å². The van der Waals surface area contributed by atoms with Crippen molar-refractivity contribution >= 4 is 11.6 Å². The highest BCUT2D eigenvalue weighted by atomic mass is 19.4. The lowest BCUT2D eigenvalue weighted by molar-refractivity contribution is -0.141. The molecule has 37 heavy (non-hydrogen) atoms. The minimum atomic E-state index is -4.74. The van der Waals surface area contributed by atoms with Gasteiger partial charge in [0, 0.05) is 29.8 Å². The molecule has 0 radical (unpaired) electrons. The maximum atomic E-state index is 13.3. The normalized spacial score (nSPS) is 12.5. The Morgan fingerprint density at radius 3 is 2.16 bits per heavy atom. The zero-order chi connectivity index (χ0) is 27.0. The number of pyridine rings is 3. The Kier molecular flexibility index (Phi) is 6.54. The molecule has 0 saturated heterocycles. The van der Waals surface area contributed by atoms with E-state index < -0.39 is 29.3 Å². The van der Waals surface area contributed by atoms with Gasteiger partial charge >= 0.3 is 12.4 Å². The van der Waals surface area contributed by atoms with Crippen LogP contribution in [0.25, 0.3) is 22.9 Å². The lowest BCUT2D eigenvalue weighted by Gasteiger charge is -2.21. The molecule has 0 aliphatic heterocycles. The number of halogens is 6. The average molecular weight is 521 g/mol. The monoisotopic (exact) mass is 521 g/mol. The van der Waals surface area contributed by atoms with Gasteiger partial charge in [0.1, 0.15) is 17.1 Å². The summed E-state index contributed by atoms with van der Waals surface area (Å²) in [4.78, 5) is 23.4. The summed E-state index contributed by atoms with van der Waals surface area (Å²) in [5.41, 5.74) is -3.55. The molecule has 0 atom stereocenters. The van der Waals surface area contributed by atoms with Crippen molar-refractivity contribution in [3.05, 3.63) is 71.9 Å². The van der Waals surface area contributed by atoms with Gasteiger partial charge in [-0.3, -0.25) is 9.97 Å². The Morgan fingerprint density at radius 2 is 1.49 bits per heavy atom. The molecule has 4 aromatic rings. The van der Waals surface area contributed by atoms with Gasteiger partial charge in [-0.1, -0.05) is 6.07 Å². The van der Waals surface area contributed by atoms with E-state index in [2.05, 4.69) is 35.2 Å². The van der Waals surface area contributed by atoms with Gasteiger partial charge in [-0.2, -0.15) is 36.3 Å². The molecule has 0 amide bonds. The second-order valence-corrected chi connectivity index (χ2v) is 8.24. The number of hydrogen-bond acceptors (Lipinski definition) is 8. The van der Waals surface area contributed by atoms with Gasteiger partial charge in [-0.15, -0.1) is 0 Å². The van der Waals surface area contributed by atoms with Crippen LogP contribution in [-0.2, 0) is 18.0 Å². The molecule has 8 nitrogen and oxygen atoms in total. The third-order valence-corrected chi connectivity index (χ3v) is 4.93. The summed E-state index contributed by atoms with van der Waals surface area (Å²) >= 11 is 0. The molecular weight excluding hydrogens is 504 g/mol. The minimum absolute atomic E-state index is 0.0867. The van der Waals surface area contributed by atoms with E-state index in [9.17, 15) is 31.4 Å². The smallest absolute Gasteiger partial charge is 0.386 e. The molecule has 0 fully saturated rings. The molecule has 0 unspecified atom stereocenters. The van der Waals surface area contributed by atoms with E-state index in [1.807, 2.05) is 0 Å². The summed E-state index contributed by atoms with van der Waals surface area (Å²) < 4.78 is 79.1. The van der Waals surface area contributed by atoms with E-state index in [4.69, 9.17) is 0 Å².